The van der Waals surface area contributed by atoms with Crippen LogP contribution in [0.5, 0.6) is 5.75 Å². The second kappa shape index (κ2) is 6.59. The molecule has 0 unspecified atom stereocenters. The van der Waals surface area contributed by atoms with Crippen LogP contribution in [0.3, 0.4) is 0 Å². The summed E-state index contributed by atoms with van der Waals surface area (Å²) in [4.78, 5) is 0.296. The second-order valence-electron chi connectivity index (χ2n) is 4.53. The van der Waals surface area contributed by atoms with Crippen molar-refractivity contribution < 1.29 is 13.2 Å². The van der Waals surface area contributed by atoms with Gasteiger partial charge in [-0.15, -0.1) is 11.6 Å². The zero-order valence-corrected chi connectivity index (χ0v) is 13.3. The smallest absolute Gasteiger partial charge is 0.243 e. The number of aryl methyl sites for hydroxylation is 1. The monoisotopic (exact) mass is 305 g/mol. The summed E-state index contributed by atoms with van der Waals surface area (Å²) < 4.78 is 31.5. The number of ether oxygens (including phenoxy) is 1. The van der Waals surface area contributed by atoms with Gasteiger partial charge in [-0.3, -0.25) is 0 Å². The number of hydrogen-bond acceptors (Lipinski definition) is 3. The van der Waals surface area contributed by atoms with Gasteiger partial charge in [0.15, 0.2) is 0 Å². The number of sulfonamides is 1. The zero-order valence-electron chi connectivity index (χ0n) is 11.7. The molecule has 0 aromatic heterocycles. The Hall–Kier alpha value is -0.780. The first-order chi connectivity index (χ1) is 8.84. The molecule has 1 rings (SSSR count). The third-order valence-electron chi connectivity index (χ3n) is 3.02. The number of nitrogens with zero attached hydrogens (tertiary/aromatic N) is 1. The van der Waals surface area contributed by atoms with Crippen LogP contribution in [0, 0.1) is 0 Å². The average molecular weight is 306 g/mol. The summed E-state index contributed by atoms with van der Waals surface area (Å²) in [5.74, 6) is 0.993. The zero-order chi connectivity index (χ0) is 14.6. The molecular weight excluding hydrogens is 286 g/mol. The molecule has 0 N–H and O–H groups in total. The van der Waals surface area contributed by atoms with E-state index in [-0.39, 0.29) is 6.04 Å². The van der Waals surface area contributed by atoms with Crippen molar-refractivity contribution in [2.45, 2.75) is 31.2 Å². The van der Waals surface area contributed by atoms with E-state index < -0.39 is 10.0 Å². The molecule has 0 aliphatic carbocycles. The SMILES string of the molecule is COc1ccc(S(=O)(=O)N(C)C(C)C)c(CCCl)c1. The van der Waals surface area contributed by atoms with Gasteiger partial charge in [0.05, 0.1) is 12.0 Å². The fourth-order valence-electron chi connectivity index (χ4n) is 1.66. The minimum Gasteiger partial charge on any atom is -0.497 e. The highest BCUT2D eigenvalue weighted by Crippen LogP contribution is 2.25. The van der Waals surface area contributed by atoms with Crippen LogP contribution >= 0.6 is 11.6 Å². The lowest BCUT2D eigenvalue weighted by atomic mass is 10.1. The highest BCUT2D eigenvalue weighted by Gasteiger charge is 2.25. The van der Waals surface area contributed by atoms with Crippen LogP contribution in [0.1, 0.15) is 19.4 Å². The van der Waals surface area contributed by atoms with E-state index in [0.717, 1.165) is 0 Å². The molecule has 0 spiro atoms. The molecule has 1 aromatic rings. The van der Waals surface area contributed by atoms with Crippen molar-refractivity contribution in [3.8, 4) is 5.75 Å². The van der Waals surface area contributed by atoms with E-state index in [1.54, 1.807) is 32.4 Å². The van der Waals surface area contributed by atoms with Crippen molar-refractivity contribution in [3.05, 3.63) is 23.8 Å². The van der Waals surface area contributed by atoms with Gasteiger partial charge in [-0.1, -0.05) is 0 Å². The van der Waals surface area contributed by atoms with E-state index in [4.69, 9.17) is 16.3 Å². The number of rotatable bonds is 6. The minimum absolute atomic E-state index is 0.101. The van der Waals surface area contributed by atoms with Gasteiger partial charge in [0, 0.05) is 19.0 Å². The molecule has 0 amide bonds. The van der Waals surface area contributed by atoms with Gasteiger partial charge in [0.25, 0.3) is 0 Å². The van der Waals surface area contributed by atoms with Crippen LogP contribution < -0.4 is 4.74 Å². The Morgan fingerprint density at radius 3 is 2.47 bits per heavy atom. The standard InChI is InChI=1S/C13H20ClNO3S/c1-10(2)15(3)19(16,17)13-6-5-12(18-4)9-11(13)7-8-14/h5-6,9-10H,7-8H2,1-4H3. The van der Waals surface area contributed by atoms with E-state index in [0.29, 0.717) is 28.5 Å². The Balaban J connectivity index is 3.33. The predicted octanol–water partition coefficient (Wildman–Crippen LogP) is 2.51. The van der Waals surface area contributed by atoms with Crippen LogP contribution in [-0.2, 0) is 16.4 Å². The lowest BCUT2D eigenvalue weighted by Crippen LogP contribution is -2.33. The minimum atomic E-state index is -3.50. The number of alkyl halides is 1. The molecule has 1 aromatic carbocycles. The van der Waals surface area contributed by atoms with Gasteiger partial charge in [0.2, 0.25) is 10.0 Å². The van der Waals surface area contributed by atoms with E-state index >= 15 is 0 Å². The van der Waals surface area contributed by atoms with Gasteiger partial charge >= 0.3 is 0 Å². The van der Waals surface area contributed by atoms with Gasteiger partial charge < -0.3 is 4.74 Å². The van der Waals surface area contributed by atoms with Crippen LogP contribution in [0.25, 0.3) is 0 Å². The molecule has 0 atom stereocenters. The Morgan fingerprint density at radius 1 is 1.37 bits per heavy atom. The number of methoxy groups -OCH3 is 1. The Morgan fingerprint density at radius 2 is 2.00 bits per heavy atom. The number of benzene rings is 1. The molecule has 0 aliphatic heterocycles. The van der Waals surface area contributed by atoms with Gasteiger partial charge in [-0.25, -0.2) is 8.42 Å². The summed E-state index contributed by atoms with van der Waals surface area (Å²) in [6.07, 6.45) is 0.485. The van der Waals surface area contributed by atoms with Crippen molar-refractivity contribution >= 4 is 21.6 Å². The predicted molar refractivity (Wildman–Crippen MR) is 77.5 cm³/mol. The second-order valence-corrected chi connectivity index (χ2v) is 6.87. The lowest BCUT2D eigenvalue weighted by molar-refractivity contribution is 0.407. The largest absolute Gasteiger partial charge is 0.497 e. The molecule has 108 valence electrons. The summed E-state index contributed by atoms with van der Waals surface area (Å²) in [5, 5.41) is 0. The van der Waals surface area contributed by atoms with Crippen LogP contribution in [0.4, 0.5) is 0 Å². The fourth-order valence-corrected chi connectivity index (χ4v) is 3.47. The summed E-state index contributed by atoms with van der Waals surface area (Å²) in [6.45, 7) is 3.67. The Labute approximate surface area is 120 Å². The molecule has 4 nitrogen and oxygen atoms in total. The quantitative estimate of drug-likeness (QED) is 0.759. The van der Waals surface area contributed by atoms with Crippen molar-refractivity contribution in [2.75, 3.05) is 20.0 Å². The maximum Gasteiger partial charge on any atom is 0.243 e. The fraction of sp³-hybridized carbons (Fsp3) is 0.538. The van der Waals surface area contributed by atoms with Crippen molar-refractivity contribution in [3.63, 3.8) is 0 Å². The maximum absolute atomic E-state index is 12.5. The normalized spacial score (nSPS) is 12.2. The third-order valence-corrected chi connectivity index (χ3v) is 5.34. The van der Waals surface area contributed by atoms with Crippen molar-refractivity contribution in [1.29, 1.82) is 0 Å². The molecule has 0 saturated carbocycles. The van der Waals surface area contributed by atoms with Crippen LogP contribution in [-0.4, -0.2) is 38.8 Å². The van der Waals surface area contributed by atoms with Crippen LogP contribution in [0.15, 0.2) is 23.1 Å². The molecule has 19 heavy (non-hydrogen) atoms. The highest BCUT2D eigenvalue weighted by molar-refractivity contribution is 7.89. The summed E-state index contributed by atoms with van der Waals surface area (Å²) >= 11 is 5.75. The molecule has 6 heteroatoms. The topological polar surface area (TPSA) is 46.6 Å². The van der Waals surface area contributed by atoms with Crippen molar-refractivity contribution in [1.82, 2.24) is 4.31 Å². The summed E-state index contributed by atoms with van der Waals surface area (Å²) in [6, 6.07) is 4.85. The van der Waals surface area contributed by atoms with E-state index in [1.165, 1.54) is 4.31 Å². The first-order valence-electron chi connectivity index (χ1n) is 6.05. The maximum atomic E-state index is 12.5. The van der Waals surface area contributed by atoms with Gasteiger partial charge in [-0.05, 0) is 44.0 Å². The van der Waals surface area contributed by atoms with Gasteiger partial charge in [-0.2, -0.15) is 4.31 Å². The van der Waals surface area contributed by atoms with Crippen LogP contribution in [0.2, 0.25) is 0 Å². The number of halogens is 1. The van der Waals surface area contributed by atoms with E-state index in [1.807, 2.05) is 13.8 Å². The summed E-state index contributed by atoms with van der Waals surface area (Å²) in [7, 11) is -0.369. The molecule has 0 bridgehead atoms. The highest BCUT2D eigenvalue weighted by atomic mass is 35.5. The summed E-state index contributed by atoms with van der Waals surface area (Å²) in [5.41, 5.74) is 0.682. The first-order valence-corrected chi connectivity index (χ1v) is 8.03. The molecule has 0 fully saturated rings. The van der Waals surface area contributed by atoms with Gasteiger partial charge in [0.1, 0.15) is 5.75 Å². The van der Waals surface area contributed by atoms with E-state index in [2.05, 4.69) is 0 Å². The third kappa shape index (κ3) is 3.61. The molecule has 0 heterocycles. The van der Waals surface area contributed by atoms with E-state index in [9.17, 15) is 8.42 Å². The Kier molecular flexibility index (Phi) is 5.64. The number of hydrogen-bond donors (Lipinski definition) is 0. The van der Waals surface area contributed by atoms with Crippen molar-refractivity contribution in [2.24, 2.45) is 0 Å². The molecule has 0 aliphatic rings. The lowest BCUT2D eigenvalue weighted by Gasteiger charge is -2.22. The first kappa shape index (κ1) is 16.3. The Bertz CT molecular complexity index is 529. The molecular formula is C13H20ClNO3S. The average Bonchev–Trinajstić information content (AvgIpc) is 2.37. The molecule has 0 saturated heterocycles. The molecule has 0 radical (unpaired) electrons.